The van der Waals surface area contributed by atoms with Gasteiger partial charge in [-0.25, -0.2) is 0 Å². The SMILES string of the molecule is O=C(NCC1(c2cccc(Cl)c2)CCN(C(Cc2ccccc2)C(F)(F)F)CC1)c1ccccc1Cl. The second-order valence-corrected chi connectivity index (χ2v) is 10.1. The van der Waals surface area contributed by atoms with Gasteiger partial charge in [-0.2, -0.15) is 13.2 Å². The van der Waals surface area contributed by atoms with Gasteiger partial charge in [0.05, 0.1) is 10.6 Å². The average molecular weight is 535 g/mol. The van der Waals surface area contributed by atoms with Gasteiger partial charge in [0.2, 0.25) is 0 Å². The largest absolute Gasteiger partial charge is 0.404 e. The highest BCUT2D eigenvalue weighted by atomic mass is 35.5. The smallest absolute Gasteiger partial charge is 0.351 e. The van der Waals surface area contributed by atoms with Crippen LogP contribution in [0.1, 0.15) is 34.3 Å². The third-order valence-corrected chi connectivity index (χ3v) is 7.55. The van der Waals surface area contributed by atoms with Crippen LogP contribution in [-0.4, -0.2) is 42.7 Å². The molecular weight excluding hydrogens is 508 g/mol. The Hall–Kier alpha value is -2.54. The minimum atomic E-state index is -4.36. The van der Waals surface area contributed by atoms with Crippen molar-refractivity contribution in [2.24, 2.45) is 0 Å². The quantitative estimate of drug-likeness (QED) is 0.356. The Morgan fingerprint density at radius 3 is 2.25 bits per heavy atom. The van der Waals surface area contributed by atoms with Gasteiger partial charge in [-0.3, -0.25) is 9.69 Å². The van der Waals surface area contributed by atoms with Gasteiger partial charge in [-0.05, 0) is 67.7 Å². The number of alkyl halides is 3. The van der Waals surface area contributed by atoms with Crippen LogP contribution in [0.3, 0.4) is 0 Å². The molecule has 1 amide bonds. The number of nitrogens with one attached hydrogen (secondary N) is 1. The maximum Gasteiger partial charge on any atom is 0.404 e. The highest BCUT2D eigenvalue weighted by Gasteiger charge is 2.47. The zero-order chi connectivity index (χ0) is 25.8. The van der Waals surface area contributed by atoms with E-state index in [1.165, 1.54) is 4.90 Å². The summed E-state index contributed by atoms with van der Waals surface area (Å²) in [6.07, 6.45) is -3.57. The van der Waals surface area contributed by atoms with Crippen LogP contribution in [0.5, 0.6) is 0 Å². The maximum atomic E-state index is 14.1. The van der Waals surface area contributed by atoms with Gasteiger partial charge < -0.3 is 5.32 Å². The van der Waals surface area contributed by atoms with Crippen molar-refractivity contribution in [3.63, 3.8) is 0 Å². The molecule has 8 heteroatoms. The summed E-state index contributed by atoms with van der Waals surface area (Å²) in [5.41, 5.74) is 1.36. The molecule has 0 saturated carbocycles. The van der Waals surface area contributed by atoms with E-state index in [4.69, 9.17) is 23.2 Å². The van der Waals surface area contributed by atoms with Gasteiger partial charge in [0.25, 0.3) is 5.91 Å². The van der Waals surface area contributed by atoms with E-state index >= 15 is 0 Å². The van der Waals surface area contributed by atoms with Crippen LogP contribution < -0.4 is 5.32 Å². The predicted molar refractivity (Wildman–Crippen MR) is 138 cm³/mol. The molecule has 1 N–H and O–H groups in total. The van der Waals surface area contributed by atoms with Crippen LogP contribution in [0.15, 0.2) is 78.9 Å². The zero-order valence-electron chi connectivity index (χ0n) is 19.6. The molecule has 0 spiro atoms. The Morgan fingerprint density at radius 2 is 1.61 bits per heavy atom. The Labute approximate surface area is 219 Å². The molecule has 0 aliphatic carbocycles. The average Bonchev–Trinajstić information content (AvgIpc) is 2.86. The lowest BCUT2D eigenvalue weighted by molar-refractivity contribution is -0.187. The van der Waals surface area contributed by atoms with Crippen molar-refractivity contribution in [3.8, 4) is 0 Å². The number of hydrogen-bond donors (Lipinski definition) is 1. The summed E-state index contributed by atoms with van der Waals surface area (Å²) in [6, 6.07) is 21.3. The Kier molecular flexibility index (Phi) is 8.28. The second kappa shape index (κ2) is 11.2. The van der Waals surface area contributed by atoms with E-state index in [9.17, 15) is 18.0 Å². The molecule has 0 bridgehead atoms. The van der Waals surface area contributed by atoms with Gasteiger partial charge in [-0.15, -0.1) is 0 Å². The monoisotopic (exact) mass is 534 g/mol. The predicted octanol–water partition coefficient (Wildman–Crippen LogP) is 6.93. The van der Waals surface area contributed by atoms with E-state index < -0.39 is 17.6 Å². The van der Waals surface area contributed by atoms with Crippen molar-refractivity contribution in [2.45, 2.75) is 36.9 Å². The van der Waals surface area contributed by atoms with Crippen molar-refractivity contribution >= 4 is 29.1 Å². The van der Waals surface area contributed by atoms with Crippen molar-refractivity contribution in [1.82, 2.24) is 10.2 Å². The number of halogens is 5. The number of amides is 1. The van der Waals surface area contributed by atoms with Crippen LogP contribution in [0.2, 0.25) is 10.0 Å². The summed E-state index contributed by atoms with van der Waals surface area (Å²) < 4.78 is 42.3. The molecule has 1 saturated heterocycles. The minimum absolute atomic E-state index is 0.0995. The summed E-state index contributed by atoms with van der Waals surface area (Å²) in [6.45, 7) is 0.748. The maximum absolute atomic E-state index is 14.1. The number of nitrogens with zero attached hydrogens (tertiary/aromatic N) is 1. The fraction of sp³-hybridized carbons (Fsp3) is 0.321. The first-order valence-corrected chi connectivity index (χ1v) is 12.6. The fourth-order valence-corrected chi connectivity index (χ4v) is 5.34. The molecule has 3 nitrogen and oxygen atoms in total. The van der Waals surface area contributed by atoms with Crippen LogP contribution in [-0.2, 0) is 11.8 Å². The standard InChI is InChI=1S/C28H27Cl2F3N2O/c29-22-10-6-9-21(18-22)27(19-34-26(36)23-11-4-5-12-24(23)30)13-15-35(16-14-27)25(28(31,32)33)17-20-7-2-1-3-8-20/h1-12,18,25H,13-17,19H2,(H,34,36). The first-order chi connectivity index (χ1) is 17.2. The Bertz CT molecular complexity index is 1180. The molecule has 1 heterocycles. The van der Waals surface area contributed by atoms with Gasteiger partial charge in [0, 0.05) is 17.0 Å². The lowest BCUT2D eigenvalue weighted by atomic mass is 9.72. The fourth-order valence-electron chi connectivity index (χ4n) is 4.93. The molecule has 1 aliphatic rings. The van der Waals surface area contributed by atoms with Gasteiger partial charge in [0.15, 0.2) is 0 Å². The molecular formula is C28H27Cl2F3N2O. The summed E-state index contributed by atoms with van der Waals surface area (Å²) in [4.78, 5) is 14.4. The molecule has 36 heavy (non-hydrogen) atoms. The van der Waals surface area contributed by atoms with Gasteiger partial charge >= 0.3 is 6.18 Å². The lowest BCUT2D eigenvalue weighted by Gasteiger charge is -2.45. The number of benzene rings is 3. The number of carbonyl (C=O) groups excluding carboxylic acids is 1. The summed E-state index contributed by atoms with van der Waals surface area (Å²) in [5.74, 6) is -0.318. The molecule has 1 fully saturated rings. The third kappa shape index (κ3) is 6.23. The van der Waals surface area contributed by atoms with Crippen LogP contribution >= 0.6 is 23.2 Å². The van der Waals surface area contributed by atoms with Crippen molar-refractivity contribution in [3.05, 3.63) is 106 Å². The highest BCUT2D eigenvalue weighted by molar-refractivity contribution is 6.33. The molecule has 190 valence electrons. The molecule has 3 aromatic rings. The second-order valence-electron chi connectivity index (χ2n) is 9.24. The number of likely N-dealkylation sites (tertiary alicyclic amines) is 1. The van der Waals surface area contributed by atoms with Gasteiger partial charge in [0.1, 0.15) is 6.04 Å². The number of carbonyl (C=O) groups is 1. The van der Waals surface area contributed by atoms with E-state index in [0.29, 0.717) is 34.0 Å². The zero-order valence-corrected chi connectivity index (χ0v) is 21.1. The van der Waals surface area contributed by atoms with E-state index in [-0.39, 0.29) is 32.0 Å². The number of piperidine rings is 1. The summed E-state index contributed by atoms with van der Waals surface area (Å²) in [5, 5.41) is 3.86. The number of hydrogen-bond acceptors (Lipinski definition) is 2. The van der Waals surface area contributed by atoms with E-state index in [0.717, 1.165) is 5.56 Å². The highest BCUT2D eigenvalue weighted by Crippen LogP contribution is 2.39. The molecule has 1 unspecified atom stereocenters. The van der Waals surface area contributed by atoms with Gasteiger partial charge in [-0.1, -0.05) is 77.8 Å². The Balaban J connectivity index is 1.55. The molecule has 3 aromatic carbocycles. The number of rotatable bonds is 7. The van der Waals surface area contributed by atoms with E-state index in [1.54, 1.807) is 60.7 Å². The van der Waals surface area contributed by atoms with E-state index in [2.05, 4.69) is 5.32 Å². The summed E-state index contributed by atoms with van der Waals surface area (Å²) >= 11 is 12.5. The van der Waals surface area contributed by atoms with Crippen LogP contribution in [0, 0.1) is 0 Å². The van der Waals surface area contributed by atoms with Crippen LogP contribution in [0.4, 0.5) is 13.2 Å². The first kappa shape index (κ1) is 26.5. The van der Waals surface area contributed by atoms with E-state index in [1.807, 2.05) is 18.2 Å². The third-order valence-electron chi connectivity index (χ3n) is 6.99. The Morgan fingerprint density at radius 1 is 0.944 bits per heavy atom. The lowest BCUT2D eigenvalue weighted by Crippen LogP contribution is -2.55. The molecule has 0 radical (unpaired) electrons. The molecule has 0 aromatic heterocycles. The molecule has 1 aliphatic heterocycles. The molecule has 1 atom stereocenters. The van der Waals surface area contributed by atoms with Crippen molar-refractivity contribution in [1.29, 1.82) is 0 Å². The first-order valence-electron chi connectivity index (χ1n) is 11.8. The normalized spacial score (nSPS) is 16.9. The topological polar surface area (TPSA) is 32.3 Å². The molecule has 4 rings (SSSR count). The summed E-state index contributed by atoms with van der Waals surface area (Å²) in [7, 11) is 0. The van der Waals surface area contributed by atoms with Crippen molar-refractivity contribution in [2.75, 3.05) is 19.6 Å². The van der Waals surface area contributed by atoms with Crippen LogP contribution in [0.25, 0.3) is 0 Å². The minimum Gasteiger partial charge on any atom is -0.351 e. The van der Waals surface area contributed by atoms with Crippen molar-refractivity contribution < 1.29 is 18.0 Å².